The molecule has 6 aromatic carbocycles. The predicted octanol–water partition coefficient (Wildman–Crippen LogP) is 13.5. The summed E-state index contributed by atoms with van der Waals surface area (Å²) in [6, 6.07) is 50.6. The van der Waals surface area contributed by atoms with Crippen molar-refractivity contribution in [3.63, 3.8) is 0 Å². The number of para-hydroxylation sites is 1. The van der Waals surface area contributed by atoms with Crippen LogP contribution in [0, 0.1) is 0 Å². The highest BCUT2D eigenvalue weighted by Gasteiger charge is 2.39. The van der Waals surface area contributed by atoms with Gasteiger partial charge in [0, 0.05) is 27.9 Å². The van der Waals surface area contributed by atoms with E-state index in [0.29, 0.717) is 5.92 Å². The lowest BCUT2D eigenvalue weighted by molar-refractivity contribution is 0.443. The van der Waals surface area contributed by atoms with Gasteiger partial charge in [-0.1, -0.05) is 138 Å². The first-order valence-corrected chi connectivity index (χ1v) is 18.3. The van der Waals surface area contributed by atoms with Gasteiger partial charge in [0.15, 0.2) is 0 Å². The zero-order valence-corrected chi connectivity index (χ0v) is 29.3. The molecule has 0 amide bonds. The number of benzene rings is 6. The third-order valence-electron chi connectivity index (χ3n) is 12.1. The third-order valence-corrected chi connectivity index (χ3v) is 12.1. The summed E-state index contributed by atoms with van der Waals surface area (Å²) < 4.78 is 0. The lowest BCUT2D eigenvalue weighted by Gasteiger charge is -2.29. The van der Waals surface area contributed by atoms with Gasteiger partial charge in [0.2, 0.25) is 0 Å². The van der Waals surface area contributed by atoms with E-state index in [-0.39, 0.29) is 10.8 Å². The van der Waals surface area contributed by atoms with Crippen LogP contribution >= 0.6 is 0 Å². The molecule has 3 aliphatic carbocycles. The summed E-state index contributed by atoms with van der Waals surface area (Å²) in [5, 5.41) is 0. The van der Waals surface area contributed by atoms with Gasteiger partial charge in [-0.3, -0.25) is 0 Å². The van der Waals surface area contributed by atoms with E-state index in [1.165, 1.54) is 110 Å². The van der Waals surface area contributed by atoms with Gasteiger partial charge in [0.05, 0.1) is 0 Å². The minimum absolute atomic E-state index is 0.00883. The Hall–Kier alpha value is -4.88. The number of anilines is 3. The van der Waals surface area contributed by atoms with Crippen LogP contribution in [0.3, 0.4) is 0 Å². The van der Waals surface area contributed by atoms with Crippen molar-refractivity contribution in [1.29, 1.82) is 0 Å². The SMILES string of the molecule is CC1(C)c2ccccc2-c2cc(-c3cccc4c3-c3ccc(N(c5ccccc5)c5ccc(C6CCCCC6)cc5)cc3C4(C)C)ccc21. The standard InChI is InChI=1S/C48H45N/c1-47(2)42-20-12-11-18-39(42)41-30-34(24-29-43(41)47)38-19-13-21-44-46(38)40-28-27-37(31-45(40)48(44,3)4)49(35-16-9-6-10-17-35)36-25-22-33(23-26-36)32-14-7-5-8-15-32/h6,9-13,16-32H,5,7-8,14-15H2,1-4H3. The minimum atomic E-state index is -0.130. The van der Waals surface area contributed by atoms with E-state index in [1.807, 2.05) is 0 Å². The van der Waals surface area contributed by atoms with Crippen molar-refractivity contribution >= 4 is 17.1 Å². The van der Waals surface area contributed by atoms with Crippen molar-refractivity contribution in [2.24, 2.45) is 0 Å². The van der Waals surface area contributed by atoms with Crippen LogP contribution in [0.1, 0.15) is 93.5 Å². The Morgan fingerprint density at radius 2 is 1.08 bits per heavy atom. The Morgan fingerprint density at radius 3 is 1.88 bits per heavy atom. The number of fused-ring (bicyclic) bond motifs is 6. The number of hydrogen-bond donors (Lipinski definition) is 0. The lowest BCUT2D eigenvalue weighted by atomic mass is 9.81. The molecule has 0 aromatic heterocycles. The summed E-state index contributed by atoms with van der Waals surface area (Å²) in [7, 11) is 0. The molecule has 0 saturated heterocycles. The first-order chi connectivity index (χ1) is 23.8. The maximum Gasteiger partial charge on any atom is 0.0465 e. The van der Waals surface area contributed by atoms with Crippen LogP contribution in [-0.2, 0) is 10.8 Å². The molecule has 49 heavy (non-hydrogen) atoms. The van der Waals surface area contributed by atoms with E-state index in [2.05, 4.69) is 166 Å². The fourth-order valence-electron chi connectivity index (χ4n) is 9.40. The van der Waals surface area contributed by atoms with Crippen molar-refractivity contribution < 1.29 is 0 Å². The monoisotopic (exact) mass is 635 g/mol. The molecule has 1 heteroatoms. The first-order valence-electron chi connectivity index (χ1n) is 18.3. The summed E-state index contributed by atoms with van der Waals surface area (Å²) in [6.45, 7) is 9.52. The van der Waals surface area contributed by atoms with E-state index in [4.69, 9.17) is 0 Å². The van der Waals surface area contributed by atoms with Crippen LogP contribution in [0.4, 0.5) is 17.1 Å². The van der Waals surface area contributed by atoms with E-state index in [1.54, 1.807) is 0 Å². The maximum atomic E-state index is 2.46. The van der Waals surface area contributed by atoms with Crippen LogP contribution in [0.2, 0.25) is 0 Å². The van der Waals surface area contributed by atoms with Gasteiger partial charge in [-0.25, -0.2) is 0 Å². The fraction of sp³-hybridized carbons (Fsp3) is 0.250. The Morgan fingerprint density at radius 1 is 0.449 bits per heavy atom. The zero-order chi connectivity index (χ0) is 33.3. The quantitative estimate of drug-likeness (QED) is 0.182. The smallest absolute Gasteiger partial charge is 0.0465 e. The average molecular weight is 636 g/mol. The van der Waals surface area contributed by atoms with E-state index < -0.39 is 0 Å². The van der Waals surface area contributed by atoms with Gasteiger partial charge >= 0.3 is 0 Å². The van der Waals surface area contributed by atoms with Crippen LogP contribution in [0.25, 0.3) is 33.4 Å². The lowest BCUT2D eigenvalue weighted by Crippen LogP contribution is -2.16. The molecule has 0 heterocycles. The molecule has 0 N–H and O–H groups in total. The largest absolute Gasteiger partial charge is 0.310 e. The van der Waals surface area contributed by atoms with Crippen molar-refractivity contribution in [3.05, 3.63) is 161 Å². The number of rotatable bonds is 5. The van der Waals surface area contributed by atoms with Crippen molar-refractivity contribution in [2.75, 3.05) is 4.90 Å². The second-order valence-electron chi connectivity index (χ2n) is 15.6. The van der Waals surface area contributed by atoms with Crippen LogP contribution in [-0.4, -0.2) is 0 Å². The summed E-state index contributed by atoms with van der Waals surface area (Å²) in [5.41, 5.74) is 18.7. The zero-order valence-electron chi connectivity index (χ0n) is 29.3. The molecule has 242 valence electrons. The second kappa shape index (κ2) is 11.3. The molecule has 0 aliphatic heterocycles. The Balaban J connectivity index is 1.15. The minimum Gasteiger partial charge on any atom is -0.310 e. The molecule has 3 aliphatic rings. The summed E-state index contributed by atoms with van der Waals surface area (Å²) in [4.78, 5) is 2.44. The fourth-order valence-corrected chi connectivity index (χ4v) is 9.40. The maximum absolute atomic E-state index is 2.46. The molecule has 6 aromatic rings. The highest BCUT2D eigenvalue weighted by Crippen LogP contribution is 2.55. The molecule has 1 nitrogen and oxygen atoms in total. The Kier molecular flexibility index (Phi) is 6.99. The molecule has 0 radical (unpaired) electrons. The topological polar surface area (TPSA) is 3.24 Å². The van der Waals surface area contributed by atoms with Gasteiger partial charge in [-0.2, -0.15) is 0 Å². The molecular weight excluding hydrogens is 591 g/mol. The molecular formula is C48H45N. The number of nitrogens with zero attached hydrogens (tertiary/aromatic N) is 1. The molecule has 0 unspecified atom stereocenters. The third kappa shape index (κ3) is 4.73. The van der Waals surface area contributed by atoms with E-state index >= 15 is 0 Å². The molecule has 9 rings (SSSR count). The predicted molar refractivity (Wildman–Crippen MR) is 208 cm³/mol. The molecule has 0 spiro atoms. The van der Waals surface area contributed by atoms with Gasteiger partial charge in [0.1, 0.15) is 0 Å². The van der Waals surface area contributed by atoms with Crippen molar-refractivity contribution in [2.45, 2.75) is 76.5 Å². The van der Waals surface area contributed by atoms with Gasteiger partial charge < -0.3 is 4.90 Å². The molecule has 0 atom stereocenters. The Bertz CT molecular complexity index is 2200. The molecule has 1 saturated carbocycles. The van der Waals surface area contributed by atoms with E-state index in [9.17, 15) is 0 Å². The van der Waals surface area contributed by atoms with Crippen LogP contribution < -0.4 is 4.90 Å². The van der Waals surface area contributed by atoms with Crippen molar-refractivity contribution in [1.82, 2.24) is 0 Å². The van der Waals surface area contributed by atoms with Crippen LogP contribution in [0.5, 0.6) is 0 Å². The summed E-state index contributed by atoms with van der Waals surface area (Å²) in [6.07, 6.45) is 6.74. The summed E-state index contributed by atoms with van der Waals surface area (Å²) >= 11 is 0. The first kappa shape index (κ1) is 30.2. The van der Waals surface area contributed by atoms with Crippen molar-refractivity contribution in [3.8, 4) is 33.4 Å². The van der Waals surface area contributed by atoms with Crippen LogP contribution in [0.15, 0.2) is 133 Å². The summed E-state index contributed by atoms with van der Waals surface area (Å²) in [5.74, 6) is 0.702. The van der Waals surface area contributed by atoms with Gasteiger partial charge in [-0.15, -0.1) is 0 Å². The van der Waals surface area contributed by atoms with Gasteiger partial charge in [0.25, 0.3) is 0 Å². The van der Waals surface area contributed by atoms with E-state index in [0.717, 1.165) is 0 Å². The second-order valence-corrected chi connectivity index (χ2v) is 15.6. The highest BCUT2D eigenvalue weighted by molar-refractivity contribution is 5.95. The number of hydrogen-bond acceptors (Lipinski definition) is 1. The molecule has 0 bridgehead atoms. The average Bonchev–Trinajstić information content (AvgIpc) is 3.52. The van der Waals surface area contributed by atoms with Gasteiger partial charge in [-0.05, 0) is 122 Å². The molecule has 1 fully saturated rings. The Labute approximate surface area is 292 Å². The normalized spacial score (nSPS) is 16.8. The highest BCUT2D eigenvalue weighted by atomic mass is 15.1.